The number of hydrogen-bond acceptors (Lipinski definition) is 4. The van der Waals surface area contributed by atoms with Crippen LogP contribution in [0.1, 0.15) is 53.4 Å². The van der Waals surface area contributed by atoms with Crippen LogP contribution in [-0.4, -0.2) is 37.8 Å². The number of carbonyl (C=O) groups is 2. The fraction of sp³-hybridized carbons (Fsp3) is 0.333. The summed E-state index contributed by atoms with van der Waals surface area (Å²) in [6.45, 7) is 8.70. The maximum atomic E-state index is 12.4. The molecule has 0 bridgehead atoms. The van der Waals surface area contributed by atoms with Crippen molar-refractivity contribution in [3.8, 4) is 0 Å². The van der Waals surface area contributed by atoms with E-state index in [0.29, 0.717) is 25.2 Å². The summed E-state index contributed by atoms with van der Waals surface area (Å²) >= 11 is 0. The third-order valence-electron chi connectivity index (χ3n) is 5.45. The van der Waals surface area contributed by atoms with E-state index in [1.54, 1.807) is 0 Å². The van der Waals surface area contributed by atoms with Crippen molar-refractivity contribution in [2.24, 2.45) is 0 Å². The lowest BCUT2D eigenvalue weighted by molar-refractivity contribution is -0.116. The van der Waals surface area contributed by atoms with Gasteiger partial charge in [-0.25, -0.2) is 9.97 Å². The van der Waals surface area contributed by atoms with Gasteiger partial charge in [0.1, 0.15) is 22.8 Å². The molecule has 31 heavy (non-hydrogen) atoms. The number of H-pyrrole nitrogens is 1. The first-order chi connectivity index (χ1) is 14.9. The summed E-state index contributed by atoms with van der Waals surface area (Å²) in [5, 5.41) is 3.75. The molecule has 0 aliphatic heterocycles. The number of hydrogen-bond donors (Lipinski definition) is 2. The minimum absolute atomic E-state index is 0.0555. The number of fused-ring (bicyclic) bond motifs is 2. The lowest BCUT2D eigenvalue weighted by Crippen LogP contribution is -2.25. The van der Waals surface area contributed by atoms with Gasteiger partial charge in [0.2, 0.25) is 0 Å². The van der Waals surface area contributed by atoms with E-state index in [4.69, 9.17) is 9.97 Å². The van der Waals surface area contributed by atoms with Gasteiger partial charge in [-0.15, -0.1) is 0 Å². The molecule has 3 heterocycles. The van der Waals surface area contributed by atoms with Crippen molar-refractivity contribution in [1.29, 1.82) is 0 Å². The zero-order valence-electron chi connectivity index (χ0n) is 18.4. The molecule has 0 radical (unpaired) electrons. The predicted octanol–water partition coefficient (Wildman–Crippen LogP) is 3.85. The van der Waals surface area contributed by atoms with Crippen LogP contribution in [0.3, 0.4) is 0 Å². The summed E-state index contributed by atoms with van der Waals surface area (Å²) in [5.41, 5.74) is 6.49. The molecule has 0 aliphatic rings. The van der Waals surface area contributed by atoms with E-state index in [0.717, 1.165) is 51.1 Å². The molecule has 0 saturated heterocycles. The number of Topliss-reactive ketones (excluding diaryl/α,β-unsaturated/α-hetero) is 1. The average Bonchev–Trinajstić information content (AvgIpc) is 3.29. The number of aryl methyl sites for hydroxylation is 3. The van der Waals surface area contributed by atoms with Gasteiger partial charge < -0.3 is 14.9 Å². The SMILES string of the molecule is CCc1nc2c(C)cc(C)nc2n1Cc1ccc2[nH]c(C(=O)NCCC(C)=O)cc2c1. The zero-order chi connectivity index (χ0) is 22.1. The first-order valence-electron chi connectivity index (χ1n) is 10.6. The second-order valence-corrected chi connectivity index (χ2v) is 8.03. The number of benzene rings is 1. The number of ketones is 1. The van der Waals surface area contributed by atoms with Crippen LogP contribution in [0.4, 0.5) is 0 Å². The average molecular weight is 418 g/mol. The number of amides is 1. The Morgan fingerprint density at radius 3 is 2.68 bits per heavy atom. The Hall–Kier alpha value is -3.48. The Kier molecular flexibility index (Phi) is 5.59. The molecule has 0 spiro atoms. The summed E-state index contributed by atoms with van der Waals surface area (Å²) in [4.78, 5) is 36.1. The normalized spacial score (nSPS) is 11.4. The zero-order valence-corrected chi connectivity index (χ0v) is 18.4. The molecular weight excluding hydrogens is 390 g/mol. The fourth-order valence-corrected chi connectivity index (χ4v) is 3.92. The Morgan fingerprint density at radius 1 is 1.13 bits per heavy atom. The van der Waals surface area contributed by atoms with Gasteiger partial charge in [-0.2, -0.15) is 0 Å². The molecule has 1 aromatic carbocycles. The van der Waals surface area contributed by atoms with Crippen LogP contribution in [0.15, 0.2) is 30.3 Å². The molecule has 3 aromatic heterocycles. The molecule has 4 rings (SSSR count). The van der Waals surface area contributed by atoms with Gasteiger partial charge in [0.25, 0.3) is 5.91 Å². The number of pyridine rings is 1. The highest BCUT2D eigenvalue weighted by Crippen LogP contribution is 2.23. The molecular formula is C24H27N5O2. The quantitative estimate of drug-likeness (QED) is 0.478. The first-order valence-corrected chi connectivity index (χ1v) is 10.6. The van der Waals surface area contributed by atoms with Crippen molar-refractivity contribution in [3.05, 3.63) is 58.7 Å². The van der Waals surface area contributed by atoms with Gasteiger partial charge in [-0.3, -0.25) is 9.59 Å². The van der Waals surface area contributed by atoms with Crippen molar-refractivity contribution in [1.82, 2.24) is 24.8 Å². The molecule has 7 nitrogen and oxygen atoms in total. The van der Waals surface area contributed by atoms with Gasteiger partial charge in [0, 0.05) is 36.0 Å². The van der Waals surface area contributed by atoms with Crippen molar-refractivity contribution in [2.75, 3.05) is 6.54 Å². The molecule has 7 heteroatoms. The maximum Gasteiger partial charge on any atom is 0.267 e. The van der Waals surface area contributed by atoms with Crippen molar-refractivity contribution in [2.45, 2.75) is 47.1 Å². The Morgan fingerprint density at radius 2 is 1.94 bits per heavy atom. The molecule has 1 amide bonds. The monoisotopic (exact) mass is 417 g/mol. The smallest absolute Gasteiger partial charge is 0.267 e. The Bertz CT molecular complexity index is 1300. The molecule has 0 aliphatic carbocycles. The lowest BCUT2D eigenvalue weighted by atomic mass is 10.1. The standard InChI is InChI=1S/C24H27N5O2/c1-5-21-28-22-14(2)10-15(3)26-23(22)29(21)13-17-6-7-19-18(11-17)12-20(27-19)24(31)25-9-8-16(4)30/h6-7,10-12,27H,5,8-9,13H2,1-4H3,(H,25,31). The molecule has 0 fully saturated rings. The first kappa shape index (κ1) is 20.8. The number of carbonyl (C=O) groups excluding carboxylic acids is 2. The number of imidazole rings is 1. The van der Waals surface area contributed by atoms with E-state index in [1.807, 2.05) is 19.1 Å². The molecule has 0 saturated carbocycles. The van der Waals surface area contributed by atoms with Crippen molar-refractivity contribution < 1.29 is 9.59 Å². The topological polar surface area (TPSA) is 92.7 Å². The highest BCUT2D eigenvalue weighted by molar-refractivity contribution is 5.98. The summed E-state index contributed by atoms with van der Waals surface area (Å²) in [6.07, 6.45) is 1.16. The molecule has 0 unspecified atom stereocenters. The van der Waals surface area contributed by atoms with Crippen LogP contribution in [0.5, 0.6) is 0 Å². The predicted molar refractivity (Wildman–Crippen MR) is 121 cm³/mol. The summed E-state index contributed by atoms with van der Waals surface area (Å²) in [6, 6.07) is 10.1. The van der Waals surface area contributed by atoms with Crippen LogP contribution in [0, 0.1) is 13.8 Å². The summed E-state index contributed by atoms with van der Waals surface area (Å²) < 4.78 is 2.18. The summed E-state index contributed by atoms with van der Waals surface area (Å²) in [5.74, 6) is 0.860. The number of nitrogens with one attached hydrogen (secondary N) is 2. The molecule has 4 aromatic rings. The number of nitrogens with zero attached hydrogens (tertiary/aromatic N) is 3. The van der Waals surface area contributed by atoms with Crippen LogP contribution in [-0.2, 0) is 17.8 Å². The third kappa shape index (κ3) is 4.21. The van der Waals surface area contributed by atoms with E-state index < -0.39 is 0 Å². The van der Waals surface area contributed by atoms with Crippen LogP contribution < -0.4 is 5.32 Å². The minimum atomic E-state index is -0.206. The van der Waals surface area contributed by atoms with Gasteiger partial charge in [-0.1, -0.05) is 13.0 Å². The Balaban J connectivity index is 1.63. The van der Waals surface area contributed by atoms with E-state index in [9.17, 15) is 9.59 Å². The molecule has 160 valence electrons. The van der Waals surface area contributed by atoms with E-state index in [1.165, 1.54) is 6.92 Å². The second kappa shape index (κ2) is 8.34. The van der Waals surface area contributed by atoms with Gasteiger partial charge in [-0.05, 0) is 56.2 Å². The van der Waals surface area contributed by atoms with E-state index in [-0.39, 0.29) is 11.7 Å². The van der Waals surface area contributed by atoms with Crippen LogP contribution in [0.2, 0.25) is 0 Å². The molecule has 2 N–H and O–H groups in total. The summed E-state index contributed by atoms with van der Waals surface area (Å²) in [7, 11) is 0. The van der Waals surface area contributed by atoms with Gasteiger partial charge in [0.15, 0.2) is 5.65 Å². The Labute approximate surface area is 180 Å². The maximum absolute atomic E-state index is 12.4. The van der Waals surface area contributed by atoms with Crippen molar-refractivity contribution >= 4 is 33.8 Å². The third-order valence-corrected chi connectivity index (χ3v) is 5.45. The van der Waals surface area contributed by atoms with E-state index >= 15 is 0 Å². The van der Waals surface area contributed by atoms with Crippen LogP contribution in [0.25, 0.3) is 22.1 Å². The van der Waals surface area contributed by atoms with Crippen LogP contribution >= 0.6 is 0 Å². The lowest BCUT2D eigenvalue weighted by Gasteiger charge is -2.09. The fourth-order valence-electron chi connectivity index (χ4n) is 3.92. The minimum Gasteiger partial charge on any atom is -0.351 e. The van der Waals surface area contributed by atoms with Gasteiger partial charge in [0.05, 0.1) is 6.54 Å². The van der Waals surface area contributed by atoms with E-state index in [2.05, 4.69) is 46.9 Å². The number of aromatic amines is 1. The van der Waals surface area contributed by atoms with Gasteiger partial charge >= 0.3 is 0 Å². The molecule has 0 atom stereocenters. The highest BCUT2D eigenvalue weighted by atomic mass is 16.2. The largest absolute Gasteiger partial charge is 0.351 e. The number of aromatic nitrogens is 4. The highest BCUT2D eigenvalue weighted by Gasteiger charge is 2.15. The van der Waals surface area contributed by atoms with Crippen molar-refractivity contribution in [3.63, 3.8) is 0 Å². The second-order valence-electron chi connectivity index (χ2n) is 8.03. The number of rotatable bonds is 7.